The third kappa shape index (κ3) is 2.84. The number of rotatable bonds is 4. The number of carbonyl (C=O) groups is 1. The summed E-state index contributed by atoms with van der Waals surface area (Å²) in [5.74, 6) is 2.90. The number of imidazole rings is 1. The highest BCUT2D eigenvalue weighted by Crippen LogP contribution is 2.46. The van der Waals surface area contributed by atoms with Crippen LogP contribution in [0, 0.1) is 0 Å². The Morgan fingerprint density at radius 2 is 1.97 bits per heavy atom. The highest BCUT2D eigenvalue weighted by Gasteiger charge is 2.33. The van der Waals surface area contributed by atoms with Gasteiger partial charge in [-0.25, -0.2) is 4.98 Å². The Hall–Kier alpha value is -3.68. The third-order valence-corrected chi connectivity index (χ3v) is 5.21. The van der Waals surface area contributed by atoms with Crippen molar-refractivity contribution in [3.05, 3.63) is 54.0 Å². The molecule has 148 valence electrons. The largest absolute Gasteiger partial charge is 0.497 e. The number of carbonyl (C=O) groups excluding carboxylic acids is 1. The van der Waals surface area contributed by atoms with Gasteiger partial charge in [0, 0.05) is 18.0 Å². The molecule has 2 aliphatic rings. The maximum Gasteiger partial charge on any atom is 0.231 e. The SMILES string of the molecule is COc1ccc(-n2cnc3c2NC(=O)C[C@H]3c2cc(OC)c3c(c2)OCO3)cc1. The lowest BCUT2D eigenvalue weighted by Gasteiger charge is -2.24. The van der Waals surface area contributed by atoms with Crippen LogP contribution in [0.4, 0.5) is 5.82 Å². The number of nitrogens with zero attached hydrogens (tertiary/aromatic N) is 2. The monoisotopic (exact) mass is 393 g/mol. The molecule has 2 aromatic carbocycles. The van der Waals surface area contributed by atoms with E-state index in [4.69, 9.17) is 18.9 Å². The van der Waals surface area contributed by atoms with Crippen LogP contribution in [0.15, 0.2) is 42.7 Å². The van der Waals surface area contributed by atoms with Gasteiger partial charge in [0.05, 0.1) is 19.9 Å². The molecule has 1 atom stereocenters. The minimum atomic E-state index is -0.221. The van der Waals surface area contributed by atoms with E-state index in [1.54, 1.807) is 20.5 Å². The first-order valence-corrected chi connectivity index (χ1v) is 9.17. The molecule has 8 nitrogen and oxygen atoms in total. The lowest BCUT2D eigenvalue weighted by atomic mass is 9.89. The van der Waals surface area contributed by atoms with Crippen LogP contribution in [-0.4, -0.2) is 36.5 Å². The molecule has 1 aromatic heterocycles. The highest BCUT2D eigenvalue weighted by atomic mass is 16.7. The van der Waals surface area contributed by atoms with Crippen molar-refractivity contribution in [2.75, 3.05) is 26.3 Å². The summed E-state index contributed by atoms with van der Waals surface area (Å²) >= 11 is 0. The fourth-order valence-electron chi connectivity index (χ4n) is 3.77. The van der Waals surface area contributed by atoms with Crippen LogP contribution in [0.2, 0.25) is 0 Å². The summed E-state index contributed by atoms with van der Waals surface area (Å²) in [4.78, 5) is 17.1. The summed E-state index contributed by atoms with van der Waals surface area (Å²) < 4.78 is 23.6. The van der Waals surface area contributed by atoms with E-state index in [0.717, 1.165) is 22.7 Å². The van der Waals surface area contributed by atoms with Gasteiger partial charge in [-0.3, -0.25) is 9.36 Å². The Kier molecular flexibility index (Phi) is 4.04. The fourth-order valence-corrected chi connectivity index (χ4v) is 3.77. The summed E-state index contributed by atoms with van der Waals surface area (Å²) in [5, 5.41) is 2.96. The zero-order valence-electron chi connectivity index (χ0n) is 16.0. The lowest BCUT2D eigenvalue weighted by molar-refractivity contribution is -0.116. The molecule has 0 bridgehead atoms. The van der Waals surface area contributed by atoms with Crippen LogP contribution in [0.1, 0.15) is 23.6 Å². The van der Waals surface area contributed by atoms with E-state index in [0.29, 0.717) is 23.1 Å². The second-order valence-corrected chi connectivity index (χ2v) is 6.81. The van der Waals surface area contributed by atoms with Crippen molar-refractivity contribution in [3.8, 4) is 28.7 Å². The summed E-state index contributed by atoms with van der Waals surface area (Å²) in [6.45, 7) is 0.150. The molecule has 0 saturated heterocycles. The van der Waals surface area contributed by atoms with Crippen LogP contribution >= 0.6 is 0 Å². The number of benzene rings is 2. The summed E-state index contributed by atoms with van der Waals surface area (Å²) in [6.07, 6.45) is 2.00. The zero-order chi connectivity index (χ0) is 20.0. The van der Waals surface area contributed by atoms with Gasteiger partial charge in [-0.2, -0.15) is 0 Å². The van der Waals surface area contributed by atoms with Crippen molar-refractivity contribution >= 4 is 11.7 Å². The topological polar surface area (TPSA) is 83.8 Å². The van der Waals surface area contributed by atoms with Gasteiger partial charge >= 0.3 is 0 Å². The normalized spacial score (nSPS) is 16.9. The Morgan fingerprint density at radius 3 is 2.72 bits per heavy atom. The van der Waals surface area contributed by atoms with E-state index in [9.17, 15) is 4.79 Å². The summed E-state index contributed by atoms with van der Waals surface area (Å²) in [6, 6.07) is 11.3. The molecule has 1 N–H and O–H groups in total. The molecule has 0 unspecified atom stereocenters. The summed E-state index contributed by atoms with van der Waals surface area (Å²) in [7, 11) is 3.21. The predicted molar refractivity (Wildman–Crippen MR) is 104 cm³/mol. The van der Waals surface area contributed by atoms with E-state index < -0.39 is 0 Å². The van der Waals surface area contributed by atoms with Gasteiger partial charge in [-0.1, -0.05) is 0 Å². The zero-order valence-corrected chi connectivity index (χ0v) is 16.0. The molecule has 5 rings (SSSR count). The maximum absolute atomic E-state index is 12.5. The smallest absolute Gasteiger partial charge is 0.231 e. The van der Waals surface area contributed by atoms with Gasteiger partial charge in [0.25, 0.3) is 0 Å². The molecule has 2 aliphatic heterocycles. The average molecular weight is 393 g/mol. The molecule has 1 amide bonds. The minimum Gasteiger partial charge on any atom is -0.497 e. The number of methoxy groups -OCH3 is 2. The number of ether oxygens (including phenoxy) is 4. The van der Waals surface area contributed by atoms with Gasteiger partial charge in [0.2, 0.25) is 18.4 Å². The van der Waals surface area contributed by atoms with Crippen molar-refractivity contribution in [2.45, 2.75) is 12.3 Å². The minimum absolute atomic E-state index is 0.0746. The molecule has 0 fully saturated rings. The van der Waals surface area contributed by atoms with E-state index in [2.05, 4.69) is 10.3 Å². The highest BCUT2D eigenvalue weighted by molar-refractivity contribution is 5.94. The third-order valence-electron chi connectivity index (χ3n) is 5.21. The Morgan fingerprint density at radius 1 is 1.14 bits per heavy atom. The maximum atomic E-state index is 12.5. The van der Waals surface area contributed by atoms with E-state index >= 15 is 0 Å². The van der Waals surface area contributed by atoms with Crippen LogP contribution in [0.3, 0.4) is 0 Å². The van der Waals surface area contributed by atoms with Crippen molar-refractivity contribution in [1.82, 2.24) is 9.55 Å². The van der Waals surface area contributed by atoms with E-state index in [1.807, 2.05) is 41.0 Å². The summed E-state index contributed by atoms with van der Waals surface area (Å²) in [5.41, 5.74) is 2.56. The molecule has 0 radical (unpaired) electrons. The first-order valence-electron chi connectivity index (χ1n) is 9.17. The van der Waals surface area contributed by atoms with Crippen LogP contribution in [0.25, 0.3) is 5.69 Å². The molecule has 3 aromatic rings. The molecule has 8 heteroatoms. The van der Waals surface area contributed by atoms with Crippen LogP contribution in [0.5, 0.6) is 23.0 Å². The number of hydrogen-bond donors (Lipinski definition) is 1. The van der Waals surface area contributed by atoms with Crippen molar-refractivity contribution in [3.63, 3.8) is 0 Å². The number of aromatic nitrogens is 2. The molecule has 0 saturated carbocycles. The second kappa shape index (κ2) is 6.73. The van der Waals surface area contributed by atoms with Crippen molar-refractivity contribution in [2.24, 2.45) is 0 Å². The molecular formula is C21H19N3O5. The van der Waals surface area contributed by atoms with E-state index in [-0.39, 0.29) is 25.0 Å². The number of nitrogens with one attached hydrogen (secondary N) is 1. The Labute approximate surface area is 167 Å². The number of fused-ring (bicyclic) bond motifs is 2. The standard InChI is InChI=1S/C21H19N3O5/c1-26-14-5-3-13(4-6-14)24-10-22-19-15(9-18(25)23-21(19)24)12-7-16(27-2)20-17(8-12)28-11-29-20/h3-8,10,15H,9,11H2,1-2H3,(H,23,25)/t15-/m0/s1. The predicted octanol–water partition coefficient (Wildman–Crippen LogP) is 3.09. The van der Waals surface area contributed by atoms with Gasteiger partial charge in [-0.05, 0) is 42.0 Å². The molecule has 29 heavy (non-hydrogen) atoms. The first kappa shape index (κ1) is 17.4. The quantitative estimate of drug-likeness (QED) is 0.733. The molecule has 3 heterocycles. The van der Waals surface area contributed by atoms with Crippen molar-refractivity contribution in [1.29, 1.82) is 0 Å². The molecular weight excluding hydrogens is 374 g/mol. The Bertz CT molecular complexity index is 1090. The number of hydrogen-bond acceptors (Lipinski definition) is 6. The van der Waals surface area contributed by atoms with E-state index in [1.165, 1.54) is 0 Å². The molecule has 0 aliphatic carbocycles. The average Bonchev–Trinajstić information content (AvgIpc) is 3.39. The van der Waals surface area contributed by atoms with Crippen LogP contribution in [-0.2, 0) is 4.79 Å². The number of anilines is 1. The van der Waals surface area contributed by atoms with Crippen LogP contribution < -0.4 is 24.3 Å². The van der Waals surface area contributed by atoms with Gasteiger partial charge in [-0.15, -0.1) is 0 Å². The Balaban J connectivity index is 1.58. The second-order valence-electron chi connectivity index (χ2n) is 6.81. The van der Waals surface area contributed by atoms with Gasteiger partial charge in [0.15, 0.2) is 11.5 Å². The fraction of sp³-hybridized carbons (Fsp3) is 0.238. The lowest BCUT2D eigenvalue weighted by Crippen LogP contribution is -2.25. The van der Waals surface area contributed by atoms with Gasteiger partial charge < -0.3 is 24.3 Å². The van der Waals surface area contributed by atoms with Gasteiger partial charge in [0.1, 0.15) is 17.9 Å². The van der Waals surface area contributed by atoms with Crippen molar-refractivity contribution < 1.29 is 23.7 Å². The first-order chi connectivity index (χ1) is 14.2. The number of amides is 1. The molecule has 0 spiro atoms.